The number of rotatable bonds is 5. The van der Waals surface area contributed by atoms with E-state index in [4.69, 9.17) is 4.74 Å². The molecule has 0 spiro atoms. The van der Waals surface area contributed by atoms with Crippen LogP contribution in [0.1, 0.15) is 29.5 Å². The average molecular weight is 453 g/mol. The van der Waals surface area contributed by atoms with E-state index in [1.165, 1.54) is 30.2 Å². The molecule has 2 N–H and O–H groups in total. The summed E-state index contributed by atoms with van der Waals surface area (Å²) in [5, 5.41) is 15.9. The van der Waals surface area contributed by atoms with Gasteiger partial charge in [-0.1, -0.05) is 36.4 Å². The minimum Gasteiger partial charge on any atom is -0.507 e. The summed E-state index contributed by atoms with van der Waals surface area (Å²) in [6.45, 7) is -0.143. The Kier molecular flexibility index (Phi) is 5.81. The summed E-state index contributed by atoms with van der Waals surface area (Å²) in [5.41, 5.74) is 5.63. The number of phenols is 1. The molecule has 4 rings (SSSR count). The first kappa shape index (κ1) is 19.5. The Morgan fingerprint density at radius 2 is 1.97 bits per heavy atom. The van der Waals surface area contributed by atoms with Gasteiger partial charge in [0.15, 0.2) is 6.61 Å². The second kappa shape index (κ2) is 8.66. The van der Waals surface area contributed by atoms with Gasteiger partial charge in [-0.3, -0.25) is 4.79 Å². The Morgan fingerprint density at radius 3 is 2.86 bits per heavy atom. The van der Waals surface area contributed by atoms with Gasteiger partial charge in [0.1, 0.15) is 11.5 Å². The zero-order valence-electron chi connectivity index (χ0n) is 15.8. The highest BCUT2D eigenvalue weighted by molar-refractivity contribution is 9.10. The van der Waals surface area contributed by atoms with E-state index < -0.39 is 0 Å². The van der Waals surface area contributed by atoms with E-state index in [9.17, 15) is 9.90 Å². The number of carbonyl (C=O) groups is 1. The highest BCUT2D eigenvalue weighted by atomic mass is 79.9. The van der Waals surface area contributed by atoms with Crippen molar-refractivity contribution in [3.05, 3.63) is 69.7 Å². The van der Waals surface area contributed by atoms with Gasteiger partial charge in [-0.25, -0.2) is 5.43 Å². The lowest BCUT2D eigenvalue weighted by molar-refractivity contribution is -0.123. The van der Waals surface area contributed by atoms with Gasteiger partial charge in [-0.05, 0) is 75.6 Å². The number of halogens is 1. The first-order valence-corrected chi connectivity index (χ1v) is 10.4. The Morgan fingerprint density at radius 1 is 1.14 bits per heavy atom. The van der Waals surface area contributed by atoms with E-state index in [0.717, 1.165) is 28.1 Å². The van der Waals surface area contributed by atoms with Crippen molar-refractivity contribution in [1.29, 1.82) is 0 Å². The number of aromatic hydroxyl groups is 1. The normalized spacial score (nSPS) is 13.4. The number of nitrogens with one attached hydrogen (secondary N) is 1. The zero-order valence-corrected chi connectivity index (χ0v) is 17.4. The number of carbonyl (C=O) groups excluding carboxylic acids is 1. The van der Waals surface area contributed by atoms with Gasteiger partial charge in [0.05, 0.1) is 10.7 Å². The fourth-order valence-corrected chi connectivity index (χ4v) is 4.34. The average Bonchev–Trinajstić information content (AvgIpc) is 2.75. The van der Waals surface area contributed by atoms with Gasteiger partial charge in [-0.2, -0.15) is 5.10 Å². The van der Waals surface area contributed by atoms with Crippen molar-refractivity contribution >= 4 is 38.8 Å². The van der Waals surface area contributed by atoms with Crippen LogP contribution in [0.5, 0.6) is 11.5 Å². The molecule has 0 unspecified atom stereocenters. The van der Waals surface area contributed by atoms with E-state index >= 15 is 0 Å². The number of nitrogens with zero attached hydrogens (tertiary/aromatic N) is 1. The summed E-state index contributed by atoms with van der Waals surface area (Å²) >= 11 is 3.62. The van der Waals surface area contributed by atoms with Gasteiger partial charge in [0, 0.05) is 5.56 Å². The number of benzene rings is 3. The minimum atomic E-state index is -0.370. The van der Waals surface area contributed by atoms with E-state index in [1.54, 1.807) is 6.07 Å². The predicted molar refractivity (Wildman–Crippen MR) is 118 cm³/mol. The van der Waals surface area contributed by atoms with Gasteiger partial charge >= 0.3 is 0 Å². The van der Waals surface area contributed by atoms with Crippen molar-refractivity contribution in [3.63, 3.8) is 0 Å². The van der Waals surface area contributed by atoms with Crippen molar-refractivity contribution in [1.82, 2.24) is 5.43 Å². The molecular formula is C23H21BrN2O3. The first-order chi connectivity index (χ1) is 14.1. The number of aryl methyl sites for hydroxylation is 1. The second-order valence-corrected chi connectivity index (χ2v) is 7.82. The summed E-state index contributed by atoms with van der Waals surface area (Å²) in [4.78, 5) is 12.1. The summed E-state index contributed by atoms with van der Waals surface area (Å²) in [6.07, 6.45) is 5.95. The van der Waals surface area contributed by atoms with Crippen molar-refractivity contribution in [2.75, 3.05) is 6.61 Å². The molecule has 1 aliphatic carbocycles. The van der Waals surface area contributed by atoms with E-state index in [-0.39, 0.29) is 18.3 Å². The van der Waals surface area contributed by atoms with Crippen LogP contribution in [0, 0.1) is 0 Å². The molecule has 0 saturated heterocycles. The SMILES string of the molecule is O=C(COc1ccc2c(c1Br)CCCC2)N/N=C\c1c(O)ccc2ccccc12. The monoisotopic (exact) mass is 452 g/mol. The number of ether oxygens (including phenoxy) is 1. The number of hydrogen-bond acceptors (Lipinski definition) is 4. The number of hydrogen-bond donors (Lipinski definition) is 2. The largest absolute Gasteiger partial charge is 0.507 e. The number of phenolic OH excluding ortho intramolecular Hbond substituents is 1. The van der Waals surface area contributed by atoms with Gasteiger partial charge in [0.25, 0.3) is 5.91 Å². The van der Waals surface area contributed by atoms with E-state index in [1.807, 2.05) is 36.4 Å². The second-order valence-electron chi connectivity index (χ2n) is 7.02. The highest BCUT2D eigenvalue weighted by Crippen LogP contribution is 2.35. The molecule has 0 radical (unpaired) electrons. The molecule has 0 bridgehead atoms. The maximum Gasteiger partial charge on any atom is 0.277 e. The molecule has 3 aromatic rings. The van der Waals surface area contributed by atoms with Gasteiger partial charge in [0.2, 0.25) is 0 Å². The molecule has 0 atom stereocenters. The van der Waals surface area contributed by atoms with E-state index in [2.05, 4.69) is 32.5 Å². The molecule has 1 amide bonds. The molecule has 0 aliphatic heterocycles. The van der Waals surface area contributed by atoms with E-state index in [0.29, 0.717) is 11.3 Å². The van der Waals surface area contributed by atoms with Crippen LogP contribution in [-0.4, -0.2) is 23.8 Å². The molecule has 0 aromatic heterocycles. The summed E-state index contributed by atoms with van der Waals surface area (Å²) < 4.78 is 6.62. The Hall–Kier alpha value is -2.86. The molecule has 5 nitrogen and oxygen atoms in total. The molecule has 0 saturated carbocycles. The molecule has 29 heavy (non-hydrogen) atoms. The fraction of sp³-hybridized carbons (Fsp3) is 0.217. The van der Waals surface area contributed by atoms with Crippen LogP contribution in [0.3, 0.4) is 0 Å². The summed E-state index contributed by atoms with van der Waals surface area (Å²) in [5.74, 6) is 0.401. The molecule has 0 fully saturated rings. The lowest BCUT2D eigenvalue weighted by Gasteiger charge is -2.19. The highest BCUT2D eigenvalue weighted by Gasteiger charge is 2.16. The zero-order chi connectivity index (χ0) is 20.2. The van der Waals surface area contributed by atoms with Crippen LogP contribution in [0.25, 0.3) is 10.8 Å². The van der Waals surface area contributed by atoms with Crippen LogP contribution in [0.15, 0.2) is 58.1 Å². The third-order valence-corrected chi connectivity index (χ3v) is 5.99. The predicted octanol–water partition coefficient (Wildman–Crippen LogP) is 4.72. The third-order valence-electron chi connectivity index (χ3n) is 5.12. The minimum absolute atomic E-state index is 0.107. The van der Waals surface area contributed by atoms with Crippen LogP contribution in [0.4, 0.5) is 0 Å². The van der Waals surface area contributed by atoms with Gasteiger partial charge in [-0.15, -0.1) is 0 Å². The smallest absolute Gasteiger partial charge is 0.277 e. The van der Waals surface area contributed by atoms with Crippen molar-refractivity contribution in [2.45, 2.75) is 25.7 Å². The standard InChI is InChI=1S/C23H21BrN2O3/c24-23-18-8-4-2-6-16(18)10-12-21(23)29-14-22(28)26-25-13-19-17-7-3-1-5-15(17)9-11-20(19)27/h1,3,5,7,9-13,27H,2,4,6,8,14H2,(H,26,28)/b25-13-. The van der Waals surface area contributed by atoms with Crippen LogP contribution in [0.2, 0.25) is 0 Å². The first-order valence-electron chi connectivity index (χ1n) is 9.59. The van der Waals surface area contributed by atoms with Crippen molar-refractivity contribution < 1.29 is 14.6 Å². The quantitative estimate of drug-likeness (QED) is 0.434. The Labute approximate surface area is 177 Å². The summed E-state index contributed by atoms with van der Waals surface area (Å²) in [6, 6.07) is 15.1. The fourth-order valence-electron chi connectivity index (χ4n) is 3.64. The Bertz CT molecular complexity index is 1090. The van der Waals surface area contributed by atoms with Crippen molar-refractivity contribution in [2.24, 2.45) is 5.10 Å². The molecule has 3 aromatic carbocycles. The summed E-state index contributed by atoms with van der Waals surface area (Å²) in [7, 11) is 0. The maximum absolute atomic E-state index is 12.1. The molecule has 1 aliphatic rings. The lowest BCUT2D eigenvalue weighted by Crippen LogP contribution is -2.24. The Balaban J connectivity index is 1.40. The van der Waals surface area contributed by atoms with Crippen LogP contribution >= 0.6 is 15.9 Å². The van der Waals surface area contributed by atoms with Crippen molar-refractivity contribution in [3.8, 4) is 11.5 Å². The number of hydrazone groups is 1. The maximum atomic E-state index is 12.1. The molecule has 148 valence electrons. The van der Waals surface area contributed by atoms with Crippen LogP contribution < -0.4 is 10.2 Å². The topological polar surface area (TPSA) is 70.9 Å². The number of fused-ring (bicyclic) bond motifs is 2. The lowest BCUT2D eigenvalue weighted by atomic mass is 9.92. The number of amides is 1. The molecule has 6 heteroatoms. The molecular weight excluding hydrogens is 432 g/mol. The van der Waals surface area contributed by atoms with Crippen LogP contribution in [-0.2, 0) is 17.6 Å². The molecule has 0 heterocycles. The third kappa shape index (κ3) is 4.27. The van der Waals surface area contributed by atoms with Gasteiger partial charge < -0.3 is 9.84 Å².